The van der Waals surface area contributed by atoms with Crippen LogP contribution in [0.25, 0.3) is 11.1 Å². The molecule has 0 saturated heterocycles. The van der Waals surface area contributed by atoms with Crippen LogP contribution < -0.4 is 0 Å². The van der Waals surface area contributed by atoms with Gasteiger partial charge < -0.3 is 0 Å². The van der Waals surface area contributed by atoms with Crippen molar-refractivity contribution in [2.75, 3.05) is 0 Å². The molecule has 0 aliphatic carbocycles. The third-order valence-corrected chi connectivity index (χ3v) is 4.03. The van der Waals surface area contributed by atoms with Crippen LogP contribution in [0.15, 0.2) is 42.5 Å². The van der Waals surface area contributed by atoms with Crippen molar-refractivity contribution in [3.05, 3.63) is 59.2 Å². The zero-order valence-electron chi connectivity index (χ0n) is 14.5. The van der Waals surface area contributed by atoms with E-state index in [4.69, 9.17) is 0 Å². The maximum Gasteiger partial charge on any atom is 0.0994 e. The Morgan fingerprint density at radius 3 is 1.73 bits per heavy atom. The Labute approximate surface area is 134 Å². The van der Waals surface area contributed by atoms with Crippen molar-refractivity contribution in [2.24, 2.45) is 0 Å². The van der Waals surface area contributed by atoms with E-state index in [-0.39, 0.29) is 10.8 Å². The molecule has 0 fully saturated rings. The fourth-order valence-electron chi connectivity index (χ4n) is 2.63. The molecule has 1 heteroatoms. The summed E-state index contributed by atoms with van der Waals surface area (Å²) in [4.78, 5) is 0. The fraction of sp³-hybridized carbons (Fsp3) is 0.381. The molecule has 2 aromatic rings. The highest BCUT2D eigenvalue weighted by atomic mass is 14.3. The van der Waals surface area contributed by atoms with Crippen molar-refractivity contribution < 1.29 is 0 Å². The first-order chi connectivity index (χ1) is 10.1. The second-order valence-corrected chi connectivity index (χ2v) is 7.95. The predicted octanol–water partition coefficient (Wildman–Crippen LogP) is 5.82. The van der Waals surface area contributed by atoms with Gasteiger partial charge in [0.2, 0.25) is 0 Å². The molecule has 0 amide bonds. The molecule has 2 aromatic carbocycles. The van der Waals surface area contributed by atoms with E-state index in [1.54, 1.807) is 0 Å². The summed E-state index contributed by atoms with van der Waals surface area (Å²) in [7, 11) is 0. The summed E-state index contributed by atoms with van der Waals surface area (Å²) in [5.74, 6) is 0. The van der Waals surface area contributed by atoms with Crippen molar-refractivity contribution in [1.82, 2.24) is 0 Å². The Morgan fingerprint density at radius 1 is 0.727 bits per heavy atom. The Bertz CT molecular complexity index is 702. The van der Waals surface area contributed by atoms with Crippen LogP contribution in [0.4, 0.5) is 0 Å². The summed E-state index contributed by atoms with van der Waals surface area (Å²) in [5.41, 5.74) is 5.60. The fourth-order valence-corrected chi connectivity index (χ4v) is 2.63. The van der Waals surface area contributed by atoms with Gasteiger partial charge in [-0.15, -0.1) is 0 Å². The molecule has 0 N–H and O–H groups in total. The quantitative estimate of drug-likeness (QED) is 0.649. The number of rotatable bonds is 1. The van der Waals surface area contributed by atoms with E-state index in [9.17, 15) is 5.26 Å². The minimum absolute atomic E-state index is 0.0142. The Hall–Kier alpha value is -2.07. The summed E-state index contributed by atoms with van der Waals surface area (Å²) < 4.78 is 0. The normalized spacial score (nSPS) is 12.0. The van der Waals surface area contributed by atoms with Crippen molar-refractivity contribution in [3.8, 4) is 17.2 Å². The molecule has 114 valence electrons. The maximum absolute atomic E-state index is 9.45. The summed E-state index contributed by atoms with van der Waals surface area (Å²) in [6.07, 6.45) is 0. The van der Waals surface area contributed by atoms with E-state index < -0.39 is 0 Å². The zero-order valence-corrected chi connectivity index (χ0v) is 14.5. The number of nitrogens with zero attached hydrogens (tertiary/aromatic N) is 1. The van der Waals surface area contributed by atoms with E-state index in [1.807, 2.05) is 6.07 Å². The molecular weight excluding hydrogens is 266 g/mol. The van der Waals surface area contributed by atoms with Gasteiger partial charge in [0.25, 0.3) is 0 Å². The van der Waals surface area contributed by atoms with Gasteiger partial charge >= 0.3 is 0 Å². The van der Waals surface area contributed by atoms with Gasteiger partial charge in [-0.1, -0.05) is 77.9 Å². The molecule has 22 heavy (non-hydrogen) atoms. The lowest BCUT2D eigenvalue weighted by atomic mass is 9.82. The third-order valence-electron chi connectivity index (χ3n) is 4.03. The van der Waals surface area contributed by atoms with Gasteiger partial charge in [-0.3, -0.25) is 0 Å². The van der Waals surface area contributed by atoms with Gasteiger partial charge in [-0.25, -0.2) is 0 Å². The molecule has 0 radical (unpaired) electrons. The first-order valence-electron chi connectivity index (χ1n) is 7.78. The van der Waals surface area contributed by atoms with Crippen LogP contribution in [0.3, 0.4) is 0 Å². The van der Waals surface area contributed by atoms with Crippen molar-refractivity contribution in [3.63, 3.8) is 0 Å². The Balaban J connectivity index is 2.45. The van der Waals surface area contributed by atoms with Crippen LogP contribution in [0.5, 0.6) is 0 Å². The molecule has 0 atom stereocenters. The number of benzene rings is 2. The molecule has 0 aromatic heterocycles. The monoisotopic (exact) mass is 291 g/mol. The SMILES string of the molecule is CC(C)(C)c1ccc(-c2ccc(C(C)(C)C)c(C#N)c2)cc1. The lowest BCUT2D eigenvalue weighted by molar-refractivity contribution is 0.588. The van der Waals surface area contributed by atoms with Crippen LogP contribution in [0.2, 0.25) is 0 Å². The molecule has 0 heterocycles. The summed E-state index contributed by atoms with van der Waals surface area (Å²) in [5, 5.41) is 9.45. The number of hydrogen-bond acceptors (Lipinski definition) is 1. The average Bonchev–Trinajstić information content (AvgIpc) is 2.45. The van der Waals surface area contributed by atoms with Crippen LogP contribution >= 0.6 is 0 Å². The lowest BCUT2D eigenvalue weighted by Crippen LogP contribution is -2.13. The molecule has 0 unspecified atom stereocenters. The molecular formula is C21H25N. The van der Waals surface area contributed by atoms with E-state index >= 15 is 0 Å². The lowest BCUT2D eigenvalue weighted by Gasteiger charge is -2.21. The van der Waals surface area contributed by atoms with Gasteiger partial charge in [0.1, 0.15) is 0 Å². The van der Waals surface area contributed by atoms with Crippen LogP contribution in [-0.4, -0.2) is 0 Å². The van der Waals surface area contributed by atoms with Crippen LogP contribution in [0.1, 0.15) is 58.2 Å². The first kappa shape index (κ1) is 16.3. The molecule has 0 aliphatic rings. The van der Waals surface area contributed by atoms with E-state index in [1.165, 1.54) is 5.56 Å². The minimum Gasteiger partial charge on any atom is -0.192 e. The highest BCUT2D eigenvalue weighted by Crippen LogP contribution is 2.31. The summed E-state index contributed by atoms with van der Waals surface area (Å²) in [6, 6.07) is 17.2. The van der Waals surface area contributed by atoms with Crippen molar-refractivity contribution in [1.29, 1.82) is 5.26 Å². The van der Waals surface area contributed by atoms with E-state index in [0.29, 0.717) is 0 Å². The highest BCUT2D eigenvalue weighted by molar-refractivity contribution is 5.67. The third kappa shape index (κ3) is 3.39. The van der Waals surface area contributed by atoms with Gasteiger partial charge in [-0.2, -0.15) is 5.26 Å². The Kier molecular flexibility index (Phi) is 4.16. The second kappa shape index (κ2) is 5.61. The second-order valence-electron chi connectivity index (χ2n) is 7.95. The van der Waals surface area contributed by atoms with Crippen molar-refractivity contribution in [2.45, 2.75) is 52.4 Å². The summed E-state index contributed by atoms with van der Waals surface area (Å²) in [6.45, 7) is 13.1. The average molecular weight is 291 g/mol. The Morgan fingerprint density at radius 2 is 1.27 bits per heavy atom. The molecule has 0 aliphatic heterocycles. The van der Waals surface area contributed by atoms with Crippen LogP contribution in [0, 0.1) is 11.3 Å². The summed E-state index contributed by atoms with van der Waals surface area (Å²) >= 11 is 0. The van der Waals surface area contributed by atoms with E-state index in [0.717, 1.165) is 22.3 Å². The molecule has 0 saturated carbocycles. The molecule has 0 bridgehead atoms. The first-order valence-corrected chi connectivity index (χ1v) is 7.78. The maximum atomic E-state index is 9.45. The molecule has 0 spiro atoms. The predicted molar refractivity (Wildman–Crippen MR) is 94.0 cm³/mol. The number of nitriles is 1. The van der Waals surface area contributed by atoms with E-state index in [2.05, 4.69) is 84.0 Å². The topological polar surface area (TPSA) is 23.8 Å². The standard InChI is InChI=1S/C21H25N/c1-20(2,3)18-10-7-15(8-11-18)16-9-12-19(21(4,5)6)17(13-16)14-22/h7-13H,1-6H3. The molecule has 2 rings (SSSR count). The highest BCUT2D eigenvalue weighted by Gasteiger charge is 2.18. The van der Waals surface area contributed by atoms with Crippen LogP contribution in [-0.2, 0) is 10.8 Å². The van der Waals surface area contributed by atoms with Crippen molar-refractivity contribution >= 4 is 0 Å². The molecule has 1 nitrogen and oxygen atoms in total. The number of hydrogen-bond donors (Lipinski definition) is 0. The largest absolute Gasteiger partial charge is 0.192 e. The smallest absolute Gasteiger partial charge is 0.0994 e. The zero-order chi connectivity index (χ0) is 16.5. The van der Waals surface area contributed by atoms with Gasteiger partial charge in [-0.05, 0) is 39.2 Å². The van der Waals surface area contributed by atoms with Gasteiger partial charge in [0.05, 0.1) is 11.6 Å². The van der Waals surface area contributed by atoms with Gasteiger partial charge in [0, 0.05) is 0 Å². The minimum atomic E-state index is -0.0142. The van der Waals surface area contributed by atoms with Gasteiger partial charge in [0.15, 0.2) is 0 Å².